The van der Waals surface area contributed by atoms with Crippen molar-refractivity contribution in [1.29, 1.82) is 0 Å². The Morgan fingerprint density at radius 3 is 2.94 bits per heavy atom. The Labute approximate surface area is 106 Å². The first-order valence-electron chi connectivity index (χ1n) is 4.91. The first-order valence-corrected chi connectivity index (χ1v) is 5.79. The summed E-state index contributed by atoms with van der Waals surface area (Å²) in [7, 11) is 0. The van der Waals surface area contributed by atoms with E-state index < -0.39 is 18.2 Å². The quantitative estimate of drug-likeness (QED) is 0.313. The van der Waals surface area contributed by atoms with E-state index in [1.165, 1.54) is 17.4 Å². The molecule has 0 aliphatic heterocycles. The molecule has 1 aromatic heterocycles. The number of nitrogens with zero attached hydrogens (tertiary/aromatic N) is 3. The van der Waals surface area contributed by atoms with Crippen LogP contribution in [-0.2, 0) is 4.79 Å². The van der Waals surface area contributed by atoms with Gasteiger partial charge in [0.25, 0.3) is 0 Å². The van der Waals surface area contributed by atoms with E-state index >= 15 is 0 Å². The van der Waals surface area contributed by atoms with Crippen LogP contribution in [0.15, 0.2) is 22.6 Å². The highest BCUT2D eigenvalue weighted by molar-refractivity contribution is 7.11. The number of hydrogen-bond acceptors (Lipinski definition) is 5. The van der Waals surface area contributed by atoms with Gasteiger partial charge in [0.05, 0.1) is 12.6 Å². The van der Waals surface area contributed by atoms with Gasteiger partial charge in [-0.2, -0.15) is 0 Å². The molecule has 0 aliphatic carbocycles. The molecule has 1 heterocycles. The van der Waals surface area contributed by atoms with Crippen LogP contribution < -0.4 is 0 Å². The second-order valence-electron chi connectivity index (χ2n) is 3.38. The Balaban J connectivity index is 2.72. The third-order valence-corrected chi connectivity index (χ3v) is 2.98. The van der Waals surface area contributed by atoms with Crippen molar-refractivity contribution in [1.82, 2.24) is 0 Å². The predicted molar refractivity (Wildman–Crippen MR) is 66.0 cm³/mol. The van der Waals surface area contributed by atoms with Gasteiger partial charge in [-0.05, 0) is 28.6 Å². The average Bonchev–Trinajstić information content (AvgIpc) is 2.81. The third kappa shape index (κ3) is 4.19. The highest BCUT2D eigenvalue weighted by Gasteiger charge is 2.18. The summed E-state index contributed by atoms with van der Waals surface area (Å²) in [6.45, 7) is -0.228. The lowest BCUT2D eigenvalue weighted by Crippen LogP contribution is -2.20. The largest absolute Gasteiger partial charge is 0.478 e. The molecule has 0 saturated heterocycles. The van der Waals surface area contributed by atoms with Crippen molar-refractivity contribution >= 4 is 23.4 Å². The normalized spacial score (nSPS) is 14.1. The summed E-state index contributed by atoms with van der Waals surface area (Å²) < 4.78 is 0. The molecule has 0 radical (unpaired) electrons. The second kappa shape index (κ2) is 6.77. The molecule has 0 amide bonds. The fraction of sp³-hybridized carbons (Fsp3) is 0.300. The van der Waals surface area contributed by atoms with Gasteiger partial charge in [0.2, 0.25) is 0 Å². The molecule has 0 aliphatic rings. The maximum absolute atomic E-state index is 10.3. The van der Waals surface area contributed by atoms with Gasteiger partial charge in [-0.15, -0.1) is 11.3 Å². The van der Waals surface area contributed by atoms with Crippen LogP contribution >= 0.6 is 11.3 Å². The van der Waals surface area contributed by atoms with Crippen molar-refractivity contribution in [3.05, 3.63) is 38.4 Å². The molecular weight excluding hydrogens is 258 g/mol. The molecule has 2 atom stereocenters. The number of rotatable bonds is 6. The third-order valence-electron chi connectivity index (χ3n) is 2.07. The first-order chi connectivity index (χ1) is 8.54. The Hall–Kier alpha value is -1.86. The lowest BCUT2D eigenvalue weighted by molar-refractivity contribution is -0.131. The van der Waals surface area contributed by atoms with E-state index in [1.54, 1.807) is 11.4 Å². The molecule has 0 aromatic carbocycles. The van der Waals surface area contributed by atoms with Crippen molar-refractivity contribution in [2.24, 2.45) is 5.11 Å². The van der Waals surface area contributed by atoms with Gasteiger partial charge in [0.15, 0.2) is 0 Å². The fourth-order valence-electron chi connectivity index (χ4n) is 1.21. The van der Waals surface area contributed by atoms with Crippen LogP contribution in [0.25, 0.3) is 16.5 Å². The van der Waals surface area contributed by atoms with Crippen LogP contribution in [0.3, 0.4) is 0 Å². The van der Waals surface area contributed by atoms with Gasteiger partial charge in [-0.1, -0.05) is 5.11 Å². The molecule has 0 fully saturated rings. The highest BCUT2D eigenvalue weighted by atomic mass is 32.1. The molecule has 96 valence electrons. The van der Waals surface area contributed by atoms with Crippen LogP contribution in [0.2, 0.25) is 0 Å². The minimum Gasteiger partial charge on any atom is -0.478 e. The average molecular weight is 269 g/mol. The van der Waals surface area contributed by atoms with Crippen molar-refractivity contribution < 1.29 is 20.1 Å². The van der Waals surface area contributed by atoms with Gasteiger partial charge in [0, 0.05) is 15.9 Å². The minimum atomic E-state index is -1.19. The number of aliphatic hydroxyl groups excluding tert-OH is 2. The number of carbonyl (C=O) groups is 1. The van der Waals surface area contributed by atoms with Gasteiger partial charge >= 0.3 is 5.97 Å². The number of aliphatic hydroxyl groups is 2. The number of carboxylic acids is 1. The smallest absolute Gasteiger partial charge is 0.328 e. The zero-order valence-corrected chi connectivity index (χ0v) is 9.99. The zero-order valence-electron chi connectivity index (χ0n) is 9.17. The maximum Gasteiger partial charge on any atom is 0.328 e. The number of thiophene rings is 1. The van der Waals surface area contributed by atoms with Gasteiger partial charge in [0.1, 0.15) is 6.10 Å². The van der Waals surface area contributed by atoms with Crippen LogP contribution in [0.4, 0.5) is 0 Å². The minimum absolute atomic E-state index is 0.228. The van der Waals surface area contributed by atoms with E-state index in [-0.39, 0.29) is 6.54 Å². The Bertz CT molecular complexity index is 493. The topological polar surface area (TPSA) is 127 Å². The Morgan fingerprint density at radius 2 is 2.33 bits per heavy atom. The summed E-state index contributed by atoms with van der Waals surface area (Å²) in [5.74, 6) is -1.06. The lowest BCUT2D eigenvalue weighted by Gasteiger charge is -2.13. The summed E-state index contributed by atoms with van der Waals surface area (Å²) in [5, 5.41) is 32.5. The van der Waals surface area contributed by atoms with Crippen molar-refractivity contribution in [2.45, 2.75) is 12.2 Å². The number of azide groups is 1. The predicted octanol–water partition coefficient (Wildman–Crippen LogP) is 1.55. The standard InChI is InChI=1S/C10H11N3O4S/c11-13-12-4-8(14)10(17)6-3-7(18-5-6)1-2-9(15)16/h1-3,5,8,10,14,17H,4H2,(H,15,16)/b2-1+. The molecule has 1 rings (SSSR count). The van der Waals surface area contributed by atoms with Crippen LogP contribution in [0.1, 0.15) is 16.5 Å². The van der Waals surface area contributed by atoms with Crippen molar-refractivity contribution in [2.75, 3.05) is 6.54 Å². The van der Waals surface area contributed by atoms with Gasteiger partial charge in [-0.3, -0.25) is 0 Å². The molecular formula is C10H11N3O4S. The summed E-state index contributed by atoms with van der Waals surface area (Å²) in [4.78, 5) is 13.4. The van der Waals surface area contributed by atoms with Crippen LogP contribution in [-0.4, -0.2) is 33.9 Å². The summed E-state index contributed by atoms with van der Waals surface area (Å²) in [6.07, 6.45) is 0.0204. The molecule has 0 spiro atoms. The Morgan fingerprint density at radius 1 is 1.61 bits per heavy atom. The molecule has 1 aromatic rings. The van der Waals surface area contributed by atoms with Gasteiger partial charge < -0.3 is 15.3 Å². The van der Waals surface area contributed by atoms with E-state index in [2.05, 4.69) is 10.0 Å². The molecule has 0 saturated carbocycles. The Kier molecular flexibility index (Phi) is 5.34. The van der Waals surface area contributed by atoms with E-state index in [0.717, 1.165) is 6.08 Å². The van der Waals surface area contributed by atoms with Crippen LogP contribution in [0.5, 0.6) is 0 Å². The SMILES string of the molecule is [N-]=[N+]=NCC(O)C(O)c1csc(/C=C/C(=O)O)c1. The number of aliphatic carboxylic acids is 1. The van der Waals surface area contributed by atoms with E-state index in [4.69, 9.17) is 10.6 Å². The number of carboxylic acid groups (broad SMARTS) is 1. The molecule has 8 heteroatoms. The number of hydrogen-bond donors (Lipinski definition) is 3. The molecule has 0 bridgehead atoms. The van der Waals surface area contributed by atoms with Crippen molar-refractivity contribution in [3.8, 4) is 0 Å². The van der Waals surface area contributed by atoms with Gasteiger partial charge in [-0.25, -0.2) is 4.79 Å². The summed E-state index contributed by atoms with van der Waals surface area (Å²) >= 11 is 1.24. The summed E-state index contributed by atoms with van der Waals surface area (Å²) in [5.41, 5.74) is 8.55. The second-order valence-corrected chi connectivity index (χ2v) is 4.32. The fourth-order valence-corrected chi connectivity index (χ4v) is 2.04. The summed E-state index contributed by atoms with van der Waals surface area (Å²) in [6, 6.07) is 1.56. The van der Waals surface area contributed by atoms with E-state index in [1.807, 2.05) is 0 Å². The molecule has 18 heavy (non-hydrogen) atoms. The molecule has 3 N–H and O–H groups in total. The maximum atomic E-state index is 10.3. The van der Waals surface area contributed by atoms with Crippen molar-refractivity contribution in [3.63, 3.8) is 0 Å². The van der Waals surface area contributed by atoms with E-state index in [9.17, 15) is 15.0 Å². The van der Waals surface area contributed by atoms with Crippen LogP contribution in [0, 0.1) is 0 Å². The highest BCUT2D eigenvalue weighted by Crippen LogP contribution is 2.24. The molecule has 7 nitrogen and oxygen atoms in total. The zero-order chi connectivity index (χ0) is 13.5. The first kappa shape index (κ1) is 14.2. The monoisotopic (exact) mass is 269 g/mol. The molecule has 2 unspecified atom stereocenters. The van der Waals surface area contributed by atoms with E-state index in [0.29, 0.717) is 10.4 Å². The lowest BCUT2D eigenvalue weighted by atomic mass is 10.1.